The highest BCUT2D eigenvalue weighted by Crippen LogP contribution is 2.18. The second-order valence-corrected chi connectivity index (χ2v) is 5.41. The molecular weight excluding hydrogens is 270 g/mol. The summed E-state index contributed by atoms with van der Waals surface area (Å²) in [5, 5.41) is 2.40. The molecule has 0 spiro atoms. The first-order valence-corrected chi connectivity index (χ1v) is 8.00. The summed E-state index contributed by atoms with van der Waals surface area (Å²) in [4.78, 5) is 15.2. The number of hydrogen-bond acceptors (Lipinski definition) is 2. The van der Waals surface area contributed by atoms with Gasteiger partial charge in [0.2, 0.25) is 0 Å². The van der Waals surface area contributed by atoms with E-state index in [2.05, 4.69) is 23.2 Å². The van der Waals surface area contributed by atoms with Gasteiger partial charge in [0.25, 0.3) is 0 Å². The van der Waals surface area contributed by atoms with Crippen LogP contribution in [0, 0.1) is 0 Å². The fourth-order valence-electron chi connectivity index (χ4n) is 2.40. The van der Waals surface area contributed by atoms with E-state index in [-0.39, 0.29) is 0 Å². The van der Waals surface area contributed by atoms with Gasteiger partial charge in [-0.05, 0) is 31.0 Å². The van der Waals surface area contributed by atoms with Gasteiger partial charge in [-0.15, -0.1) is 0 Å². The van der Waals surface area contributed by atoms with E-state index in [0.717, 1.165) is 36.7 Å². The monoisotopic (exact) mass is 293 g/mol. The Morgan fingerprint density at radius 3 is 1.73 bits per heavy atom. The molecule has 0 radical (unpaired) electrons. The number of para-hydroxylation sites is 2. The SMILES string of the molecule is CCCC(=O)CCC.c1ccc2nc3ccccc3cc2c1. The summed E-state index contributed by atoms with van der Waals surface area (Å²) in [7, 11) is 0. The van der Waals surface area contributed by atoms with Crippen LogP contribution in [0.1, 0.15) is 39.5 Å². The maximum Gasteiger partial charge on any atom is 0.132 e. The second kappa shape index (κ2) is 8.28. The van der Waals surface area contributed by atoms with Crippen LogP contribution in [-0.2, 0) is 4.79 Å². The third kappa shape index (κ3) is 4.39. The fourth-order valence-corrected chi connectivity index (χ4v) is 2.40. The van der Waals surface area contributed by atoms with Crippen molar-refractivity contribution >= 4 is 27.6 Å². The third-order valence-corrected chi connectivity index (χ3v) is 3.48. The summed E-state index contributed by atoms with van der Waals surface area (Å²) in [6, 6.07) is 18.6. The van der Waals surface area contributed by atoms with Gasteiger partial charge in [-0.25, -0.2) is 4.98 Å². The molecule has 3 aromatic rings. The molecule has 0 amide bonds. The van der Waals surface area contributed by atoms with Crippen LogP contribution < -0.4 is 0 Å². The zero-order valence-corrected chi connectivity index (χ0v) is 13.4. The third-order valence-electron chi connectivity index (χ3n) is 3.48. The van der Waals surface area contributed by atoms with Crippen molar-refractivity contribution in [2.45, 2.75) is 39.5 Å². The van der Waals surface area contributed by atoms with Crippen molar-refractivity contribution in [2.24, 2.45) is 0 Å². The Morgan fingerprint density at radius 2 is 1.27 bits per heavy atom. The Kier molecular flexibility index (Phi) is 6.08. The number of carbonyl (C=O) groups excluding carboxylic acids is 1. The van der Waals surface area contributed by atoms with Gasteiger partial charge in [-0.3, -0.25) is 4.79 Å². The molecule has 1 aromatic heterocycles. The Hall–Kier alpha value is -2.22. The number of carbonyl (C=O) groups is 1. The molecule has 3 rings (SSSR count). The van der Waals surface area contributed by atoms with Gasteiger partial charge in [0, 0.05) is 23.6 Å². The largest absolute Gasteiger partial charge is 0.300 e. The summed E-state index contributed by atoms with van der Waals surface area (Å²) in [5.41, 5.74) is 2.12. The molecule has 0 atom stereocenters. The maximum absolute atomic E-state index is 10.6. The number of benzene rings is 2. The molecule has 2 aromatic carbocycles. The van der Waals surface area contributed by atoms with Crippen molar-refractivity contribution < 1.29 is 4.79 Å². The lowest BCUT2D eigenvalue weighted by Crippen LogP contribution is -1.93. The predicted octanol–water partition coefficient (Wildman–Crippen LogP) is 5.54. The minimum Gasteiger partial charge on any atom is -0.300 e. The standard InChI is InChI=1S/C13H9N.C7H14O/c1-3-7-12-10(5-1)9-11-6-2-4-8-13(11)14-12;1-3-5-7(8)6-4-2/h1-9H;3-6H2,1-2H3. The van der Waals surface area contributed by atoms with Crippen LogP contribution in [0.3, 0.4) is 0 Å². The van der Waals surface area contributed by atoms with Crippen molar-refractivity contribution in [3.8, 4) is 0 Å². The van der Waals surface area contributed by atoms with Gasteiger partial charge >= 0.3 is 0 Å². The van der Waals surface area contributed by atoms with Crippen LogP contribution in [0.5, 0.6) is 0 Å². The van der Waals surface area contributed by atoms with Crippen LogP contribution >= 0.6 is 0 Å². The lowest BCUT2D eigenvalue weighted by Gasteiger charge is -1.99. The van der Waals surface area contributed by atoms with E-state index >= 15 is 0 Å². The molecular formula is C20H23NO. The molecule has 0 aliphatic carbocycles. The van der Waals surface area contributed by atoms with Gasteiger partial charge in [-0.2, -0.15) is 0 Å². The molecule has 0 aliphatic heterocycles. The zero-order valence-electron chi connectivity index (χ0n) is 13.4. The van der Waals surface area contributed by atoms with Gasteiger partial charge in [0.05, 0.1) is 11.0 Å². The highest BCUT2D eigenvalue weighted by atomic mass is 16.1. The lowest BCUT2D eigenvalue weighted by atomic mass is 10.1. The topological polar surface area (TPSA) is 30.0 Å². The molecule has 1 heterocycles. The number of ketones is 1. The summed E-state index contributed by atoms with van der Waals surface area (Å²) in [5.74, 6) is 0.412. The van der Waals surface area contributed by atoms with Crippen LogP contribution in [0.4, 0.5) is 0 Å². The molecule has 0 aliphatic rings. The first-order chi connectivity index (χ1) is 10.7. The highest BCUT2D eigenvalue weighted by Gasteiger charge is 1.97. The van der Waals surface area contributed by atoms with E-state index in [4.69, 9.17) is 0 Å². The van der Waals surface area contributed by atoms with E-state index in [1.807, 2.05) is 50.2 Å². The molecule has 0 saturated carbocycles. The molecule has 2 nitrogen and oxygen atoms in total. The number of rotatable bonds is 4. The van der Waals surface area contributed by atoms with Crippen molar-refractivity contribution in [1.29, 1.82) is 0 Å². The van der Waals surface area contributed by atoms with Crippen LogP contribution in [0.25, 0.3) is 21.8 Å². The molecule has 0 unspecified atom stereocenters. The van der Waals surface area contributed by atoms with Crippen molar-refractivity contribution in [2.75, 3.05) is 0 Å². The van der Waals surface area contributed by atoms with E-state index in [1.165, 1.54) is 10.8 Å². The minimum atomic E-state index is 0.412. The molecule has 22 heavy (non-hydrogen) atoms. The Bertz CT molecular complexity index is 636. The average molecular weight is 293 g/mol. The number of nitrogens with zero attached hydrogens (tertiary/aromatic N) is 1. The van der Waals surface area contributed by atoms with E-state index in [9.17, 15) is 4.79 Å². The number of hydrogen-bond donors (Lipinski definition) is 0. The quantitative estimate of drug-likeness (QED) is 0.591. The molecule has 0 fully saturated rings. The Morgan fingerprint density at radius 1 is 0.818 bits per heavy atom. The summed E-state index contributed by atoms with van der Waals surface area (Å²) in [6.07, 6.45) is 3.54. The van der Waals surface area contributed by atoms with Crippen molar-refractivity contribution in [3.63, 3.8) is 0 Å². The van der Waals surface area contributed by atoms with Gasteiger partial charge < -0.3 is 0 Å². The normalized spacial score (nSPS) is 10.3. The molecule has 0 N–H and O–H groups in total. The van der Waals surface area contributed by atoms with Crippen LogP contribution in [0.2, 0.25) is 0 Å². The lowest BCUT2D eigenvalue weighted by molar-refractivity contribution is -0.119. The Balaban J connectivity index is 0.000000192. The smallest absolute Gasteiger partial charge is 0.132 e. The number of aromatic nitrogens is 1. The van der Waals surface area contributed by atoms with Crippen molar-refractivity contribution in [3.05, 3.63) is 54.6 Å². The molecule has 0 saturated heterocycles. The van der Waals surface area contributed by atoms with Gasteiger partial charge in [0.1, 0.15) is 5.78 Å². The van der Waals surface area contributed by atoms with E-state index in [0.29, 0.717) is 5.78 Å². The van der Waals surface area contributed by atoms with E-state index < -0.39 is 0 Å². The first kappa shape index (κ1) is 16.2. The molecule has 114 valence electrons. The summed E-state index contributed by atoms with van der Waals surface area (Å²) < 4.78 is 0. The minimum absolute atomic E-state index is 0.412. The maximum atomic E-state index is 10.6. The van der Waals surface area contributed by atoms with Crippen LogP contribution in [0.15, 0.2) is 54.6 Å². The Labute approximate surface area is 132 Å². The number of fused-ring (bicyclic) bond motifs is 2. The average Bonchev–Trinajstić information content (AvgIpc) is 2.54. The first-order valence-electron chi connectivity index (χ1n) is 8.00. The predicted molar refractivity (Wildman–Crippen MR) is 94.1 cm³/mol. The number of Topliss-reactive ketones (excluding diaryl/α,β-unsaturated/α-hetero) is 1. The zero-order chi connectivity index (χ0) is 15.8. The molecule has 2 heteroatoms. The second-order valence-electron chi connectivity index (χ2n) is 5.41. The number of pyridine rings is 1. The molecule has 0 bridgehead atoms. The van der Waals surface area contributed by atoms with Gasteiger partial charge in [0.15, 0.2) is 0 Å². The highest BCUT2D eigenvalue weighted by molar-refractivity contribution is 5.92. The van der Waals surface area contributed by atoms with E-state index in [1.54, 1.807) is 0 Å². The van der Waals surface area contributed by atoms with Crippen molar-refractivity contribution in [1.82, 2.24) is 4.98 Å². The fraction of sp³-hybridized carbons (Fsp3) is 0.300. The summed E-state index contributed by atoms with van der Waals surface area (Å²) >= 11 is 0. The van der Waals surface area contributed by atoms with Crippen LogP contribution in [-0.4, -0.2) is 10.8 Å². The summed E-state index contributed by atoms with van der Waals surface area (Å²) in [6.45, 7) is 4.07. The van der Waals surface area contributed by atoms with Gasteiger partial charge in [-0.1, -0.05) is 50.2 Å².